The third kappa shape index (κ3) is 5.92. The normalized spacial score (nSPS) is 17.2. The molecule has 1 aliphatic heterocycles. The lowest BCUT2D eigenvalue weighted by Gasteiger charge is -1.76. The summed E-state index contributed by atoms with van der Waals surface area (Å²) in [6, 6.07) is 0. The fraction of sp³-hybridized carbons (Fsp3) is 1.00. The highest BCUT2D eigenvalue weighted by molar-refractivity contribution is 4.43. The van der Waals surface area contributed by atoms with E-state index in [-0.39, 0.29) is 0 Å². The Kier molecular flexibility index (Phi) is 6.85. The second-order valence-electron chi connectivity index (χ2n) is 1.73. The summed E-state index contributed by atoms with van der Waals surface area (Å²) in [5, 5.41) is 0. The molecule has 2 N–H and O–H groups in total. The molecule has 2 nitrogen and oxygen atoms in total. The Labute approximate surface area is 51.0 Å². The van der Waals surface area contributed by atoms with Crippen molar-refractivity contribution >= 4 is 0 Å². The van der Waals surface area contributed by atoms with E-state index in [1.807, 2.05) is 6.92 Å². The zero-order valence-electron chi connectivity index (χ0n) is 5.52. The molecule has 0 aromatic rings. The maximum absolute atomic E-state index is 4.94. The van der Waals surface area contributed by atoms with Gasteiger partial charge >= 0.3 is 0 Å². The summed E-state index contributed by atoms with van der Waals surface area (Å²) in [5.41, 5.74) is 4.85. The molecule has 1 fully saturated rings. The average molecular weight is 117 g/mol. The largest absolute Gasteiger partial charge is 0.381 e. The molecule has 1 aliphatic rings. The van der Waals surface area contributed by atoms with Gasteiger partial charge in [-0.25, -0.2) is 0 Å². The van der Waals surface area contributed by atoms with Gasteiger partial charge < -0.3 is 10.5 Å². The molecule has 8 heavy (non-hydrogen) atoms. The van der Waals surface area contributed by atoms with Gasteiger partial charge in [-0.3, -0.25) is 0 Å². The van der Waals surface area contributed by atoms with E-state index in [0.717, 1.165) is 19.8 Å². The standard InChI is InChI=1S/C4H8O.C2H7N/c1-2-4-5-3-1;1-2-3/h1-4H2;2-3H2,1H3. The van der Waals surface area contributed by atoms with Crippen LogP contribution in [-0.2, 0) is 4.74 Å². The molecule has 1 heterocycles. The molecule has 1 saturated heterocycles. The minimum absolute atomic E-state index is 0.750. The van der Waals surface area contributed by atoms with Crippen LogP contribution in [0.1, 0.15) is 19.8 Å². The van der Waals surface area contributed by atoms with Gasteiger partial charge in [0, 0.05) is 13.2 Å². The van der Waals surface area contributed by atoms with Crippen LogP contribution in [0.15, 0.2) is 0 Å². The molecule has 0 amide bonds. The van der Waals surface area contributed by atoms with Crippen LogP contribution in [0.2, 0.25) is 0 Å². The van der Waals surface area contributed by atoms with Gasteiger partial charge in [-0.1, -0.05) is 6.92 Å². The molecule has 50 valence electrons. The summed E-state index contributed by atoms with van der Waals surface area (Å²) in [5.74, 6) is 0. The summed E-state index contributed by atoms with van der Waals surface area (Å²) < 4.78 is 4.94. The first-order valence-electron chi connectivity index (χ1n) is 3.19. The highest BCUT2D eigenvalue weighted by atomic mass is 16.5. The van der Waals surface area contributed by atoms with Crippen molar-refractivity contribution in [3.8, 4) is 0 Å². The number of hydrogen-bond acceptors (Lipinski definition) is 2. The summed E-state index contributed by atoms with van der Waals surface area (Å²) in [7, 11) is 0. The predicted octanol–water partition coefficient (Wildman–Crippen LogP) is 0.762. The second kappa shape index (κ2) is 6.92. The first kappa shape index (κ1) is 7.92. The van der Waals surface area contributed by atoms with Crippen molar-refractivity contribution < 1.29 is 4.74 Å². The van der Waals surface area contributed by atoms with Crippen molar-refractivity contribution in [3.05, 3.63) is 0 Å². The molecule has 0 bridgehead atoms. The highest BCUT2D eigenvalue weighted by Crippen LogP contribution is 1.98. The van der Waals surface area contributed by atoms with E-state index < -0.39 is 0 Å². The van der Waals surface area contributed by atoms with Crippen LogP contribution in [-0.4, -0.2) is 19.8 Å². The molecule has 0 atom stereocenters. The van der Waals surface area contributed by atoms with E-state index in [4.69, 9.17) is 10.5 Å². The van der Waals surface area contributed by atoms with E-state index in [2.05, 4.69) is 0 Å². The molecule has 0 aliphatic carbocycles. The highest BCUT2D eigenvalue weighted by Gasteiger charge is 1.94. The zero-order chi connectivity index (χ0) is 6.24. The molecule has 0 aromatic heterocycles. The maximum Gasteiger partial charge on any atom is 0.0466 e. The lowest BCUT2D eigenvalue weighted by atomic mass is 10.4. The van der Waals surface area contributed by atoms with Crippen LogP contribution in [0.3, 0.4) is 0 Å². The molecule has 2 heteroatoms. The number of hydrogen-bond donors (Lipinski definition) is 1. The van der Waals surface area contributed by atoms with Crippen LogP contribution < -0.4 is 5.73 Å². The number of ether oxygens (including phenoxy) is 1. The lowest BCUT2D eigenvalue weighted by molar-refractivity contribution is 0.198. The first-order valence-corrected chi connectivity index (χ1v) is 3.19. The molecule has 1 rings (SSSR count). The van der Waals surface area contributed by atoms with Crippen LogP contribution in [0, 0.1) is 0 Å². The molecule has 0 aromatic carbocycles. The van der Waals surface area contributed by atoms with Crippen molar-refractivity contribution in [2.45, 2.75) is 19.8 Å². The van der Waals surface area contributed by atoms with Crippen molar-refractivity contribution in [1.29, 1.82) is 0 Å². The van der Waals surface area contributed by atoms with Crippen LogP contribution >= 0.6 is 0 Å². The van der Waals surface area contributed by atoms with Crippen LogP contribution in [0.4, 0.5) is 0 Å². The topological polar surface area (TPSA) is 35.2 Å². The Balaban J connectivity index is 0.000000145. The zero-order valence-corrected chi connectivity index (χ0v) is 5.52. The Morgan fingerprint density at radius 1 is 1.38 bits per heavy atom. The van der Waals surface area contributed by atoms with E-state index in [1.165, 1.54) is 12.8 Å². The monoisotopic (exact) mass is 117 g/mol. The summed E-state index contributed by atoms with van der Waals surface area (Å²) in [6.45, 7) is 4.65. The van der Waals surface area contributed by atoms with Gasteiger partial charge in [0.15, 0.2) is 0 Å². The quantitative estimate of drug-likeness (QED) is 0.508. The minimum Gasteiger partial charge on any atom is -0.381 e. The molecule has 0 radical (unpaired) electrons. The van der Waals surface area contributed by atoms with Gasteiger partial charge in [-0.2, -0.15) is 0 Å². The summed E-state index contributed by atoms with van der Waals surface area (Å²) in [6.07, 6.45) is 2.56. The minimum atomic E-state index is 0.750. The molecule has 0 unspecified atom stereocenters. The third-order valence-corrected chi connectivity index (χ3v) is 0.827. The van der Waals surface area contributed by atoms with Gasteiger partial charge in [-0.15, -0.1) is 0 Å². The van der Waals surface area contributed by atoms with Crippen molar-refractivity contribution in [1.82, 2.24) is 0 Å². The molecule has 0 spiro atoms. The van der Waals surface area contributed by atoms with Crippen molar-refractivity contribution in [2.24, 2.45) is 5.73 Å². The van der Waals surface area contributed by atoms with Gasteiger partial charge in [0.25, 0.3) is 0 Å². The average Bonchev–Trinajstić information content (AvgIpc) is 2.17. The second-order valence-corrected chi connectivity index (χ2v) is 1.73. The summed E-state index contributed by atoms with van der Waals surface area (Å²) in [4.78, 5) is 0. The Hall–Kier alpha value is -0.0800. The first-order chi connectivity index (χ1) is 3.91. The van der Waals surface area contributed by atoms with Crippen molar-refractivity contribution in [2.75, 3.05) is 19.8 Å². The van der Waals surface area contributed by atoms with E-state index in [0.29, 0.717) is 0 Å². The predicted molar refractivity (Wildman–Crippen MR) is 34.8 cm³/mol. The fourth-order valence-electron chi connectivity index (χ4n) is 0.510. The lowest BCUT2D eigenvalue weighted by Crippen LogP contribution is -1.87. The van der Waals surface area contributed by atoms with Crippen molar-refractivity contribution in [3.63, 3.8) is 0 Å². The number of nitrogens with two attached hydrogens (primary N) is 1. The Bertz CT molecular complexity index is 27.9. The number of rotatable bonds is 0. The maximum atomic E-state index is 4.94. The van der Waals surface area contributed by atoms with Gasteiger partial charge in [0.05, 0.1) is 0 Å². The third-order valence-electron chi connectivity index (χ3n) is 0.827. The van der Waals surface area contributed by atoms with Gasteiger partial charge in [0.2, 0.25) is 0 Å². The van der Waals surface area contributed by atoms with Gasteiger partial charge in [0.1, 0.15) is 0 Å². The SMILES string of the molecule is C1CCOC1.CCN. The fourth-order valence-corrected chi connectivity index (χ4v) is 0.510. The van der Waals surface area contributed by atoms with Gasteiger partial charge in [-0.05, 0) is 19.4 Å². The van der Waals surface area contributed by atoms with Crippen LogP contribution in [0.5, 0.6) is 0 Å². The molecular weight excluding hydrogens is 102 g/mol. The van der Waals surface area contributed by atoms with E-state index >= 15 is 0 Å². The van der Waals surface area contributed by atoms with Crippen LogP contribution in [0.25, 0.3) is 0 Å². The summed E-state index contributed by atoms with van der Waals surface area (Å²) >= 11 is 0. The molecular formula is C6H15NO. The Morgan fingerprint density at radius 2 is 1.75 bits per heavy atom. The smallest absolute Gasteiger partial charge is 0.0466 e. The molecule has 0 saturated carbocycles. The van der Waals surface area contributed by atoms with E-state index in [1.54, 1.807) is 0 Å². The Morgan fingerprint density at radius 3 is 1.88 bits per heavy atom. The van der Waals surface area contributed by atoms with E-state index in [9.17, 15) is 0 Å².